The molecule has 1 saturated carbocycles. The van der Waals surface area contributed by atoms with Crippen molar-refractivity contribution in [1.29, 1.82) is 0 Å². The molecule has 2 rings (SSSR count). The van der Waals surface area contributed by atoms with E-state index in [2.05, 4.69) is 38.8 Å². The van der Waals surface area contributed by atoms with E-state index in [1.807, 2.05) is 11.8 Å². The van der Waals surface area contributed by atoms with Crippen molar-refractivity contribution >= 4 is 37.8 Å². The highest BCUT2D eigenvalue weighted by Crippen LogP contribution is 2.44. The van der Waals surface area contributed by atoms with Crippen molar-refractivity contribution in [2.75, 3.05) is 13.1 Å². The molecule has 0 aliphatic heterocycles. The van der Waals surface area contributed by atoms with Crippen molar-refractivity contribution in [1.82, 2.24) is 4.90 Å². The largest absolute Gasteiger partial charge is 0.443 e. The van der Waals surface area contributed by atoms with Gasteiger partial charge in [-0.2, -0.15) is 0 Å². The summed E-state index contributed by atoms with van der Waals surface area (Å²) in [4.78, 5) is 14.4. The number of hydrogen-bond donors (Lipinski definition) is 0. The lowest BCUT2D eigenvalue weighted by Gasteiger charge is -2.44. The van der Waals surface area contributed by atoms with E-state index in [-0.39, 0.29) is 5.91 Å². The van der Waals surface area contributed by atoms with E-state index in [1.165, 1.54) is 19.3 Å². The molecule has 1 aliphatic carbocycles. The Labute approximate surface area is 131 Å². The molecule has 0 spiro atoms. The third-order valence-electron chi connectivity index (χ3n) is 4.22. The van der Waals surface area contributed by atoms with Crippen LogP contribution in [0.3, 0.4) is 0 Å². The summed E-state index contributed by atoms with van der Waals surface area (Å²) >= 11 is 6.61. The summed E-state index contributed by atoms with van der Waals surface area (Å²) in [6.07, 6.45) is 4.90. The molecule has 0 aromatic carbocycles. The zero-order chi connectivity index (χ0) is 14.0. The molecule has 1 heterocycles. The third-order valence-corrected chi connectivity index (χ3v) is 5.93. The van der Waals surface area contributed by atoms with Gasteiger partial charge in [0.2, 0.25) is 0 Å². The first kappa shape index (κ1) is 15.1. The molecule has 0 radical (unpaired) electrons. The number of halogens is 2. The van der Waals surface area contributed by atoms with Gasteiger partial charge in [-0.3, -0.25) is 4.79 Å². The maximum Gasteiger partial charge on any atom is 0.289 e. The van der Waals surface area contributed by atoms with E-state index in [4.69, 9.17) is 4.42 Å². The van der Waals surface area contributed by atoms with E-state index in [0.29, 0.717) is 15.8 Å². The van der Waals surface area contributed by atoms with Crippen LogP contribution >= 0.6 is 31.9 Å². The summed E-state index contributed by atoms with van der Waals surface area (Å²) in [5, 5.41) is 0. The molecule has 3 nitrogen and oxygen atoms in total. The van der Waals surface area contributed by atoms with Gasteiger partial charge in [0.05, 0.1) is 4.47 Å². The summed E-state index contributed by atoms with van der Waals surface area (Å²) in [7, 11) is 0. The highest BCUT2D eigenvalue weighted by atomic mass is 79.9. The highest BCUT2D eigenvalue weighted by Gasteiger charge is 2.38. The van der Waals surface area contributed by atoms with Crippen molar-refractivity contribution in [3.63, 3.8) is 0 Å². The second-order valence-corrected chi connectivity index (χ2v) is 6.83. The second-order valence-electron chi connectivity index (χ2n) is 5.26. The Bertz CT molecular complexity index is 441. The zero-order valence-electron chi connectivity index (χ0n) is 11.3. The van der Waals surface area contributed by atoms with Crippen molar-refractivity contribution in [3.05, 3.63) is 21.0 Å². The molecule has 0 atom stereocenters. The molecule has 1 fully saturated rings. The minimum atomic E-state index is -0.0198. The van der Waals surface area contributed by atoms with Crippen LogP contribution in [0.4, 0.5) is 0 Å². The molecule has 1 aromatic rings. The second kappa shape index (κ2) is 6.00. The van der Waals surface area contributed by atoms with E-state index in [9.17, 15) is 4.79 Å². The van der Waals surface area contributed by atoms with E-state index < -0.39 is 0 Å². The van der Waals surface area contributed by atoms with Gasteiger partial charge in [-0.1, -0.05) is 13.3 Å². The van der Waals surface area contributed by atoms with Crippen LogP contribution in [0.1, 0.15) is 50.1 Å². The van der Waals surface area contributed by atoms with Crippen molar-refractivity contribution in [3.8, 4) is 0 Å². The number of furan rings is 1. The van der Waals surface area contributed by atoms with Gasteiger partial charge in [0, 0.05) is 19.2 Å². The average Bonchev–Trinajstić information content (AvgIpc) is 2.69. The molecule has 0 bridgehead atoms. The molecular formula is C14H19Br2NO2. The average molecular weight is 393 g/mol. The van der Waals surface area contributed by atoms with Crippen LogP contribution < -0.4 is 0 Å². The summed E-state index contributed by atoms with van der Waals surface area (Å²) in [6, 6.07) is 1.73. The Morgan fingerprint density at radius 3 is 2.47 bits per heavy atom. The van der Waals surface area contributed by atoms with Crippen LogP contribution in [-0.2, 0) is 0 Å². The Hall–Kier alpha value is -0.290. The standard InChI is InChI=1S/C14H19Br2NO2/c1-3-14(6-5-7-14)9-17(4-2)13(18)11-8-10(15)12(16)19-11/h8H,3-7,9H2,1-2H3. The Balaban J connectivity index is 2.10. The lowest BCUT2D eigenvalue weighted by molar-refractivity contribution is 0.0434. The summed E-state index contributed by atoms with van der Waals surface area (Å²) in [6.45, 7) is 5.80. The predicted molar refractivity (Wildman–Crippen MR) is 82.3 cm³/mol. The van der Waals surface area contributed by atoms with Gasteiger partial charge in [0.25, 0.3) is 5.91 Å². The molecule has 5 heteroatoms. The fourth-order valence-corrected chi connectivity index (χ4v) is 3.22. The monoisotopic (exact) mass is 391 g/mol. The van der Waals surface area contributed by atoms with Crippen LogP contribution in [0.2, 0.25) is 0 Å². The molecule has 106 valence electrons. The Morgan fingerprint density at radius 1 is 1.42 bits per heavy atom. The predicted octanol–water partition coefficient (Wildman–Crippen LogP) is 4.85. The van der Waals surface area contributed by atoms with Crippen LogP contribution in [0, 0.1) is 5.41 Å². The summed E-state index contributed by atoms with van der Waals surface area (Å²) < 4.78 is 6.79. The van der Waals surface area contributed by atoms with E-state index in [0.717, 1.165) is 24.0 Å². The minimum Gasteiger partial charge on any atom is -0.443 e. The number of carbonyl (C=O) groups excluding carboxylic acids is 1. The van der Waals surface area contributed by atoms with E-state index in [1.54, 1.807) is 6.07 Å². The van der Waals surface area contributed by atoms with Gasteiger partial charge in [0.1, 0.15) is 0 Å². The summed E-state index contributed by atoms with van der Waals surface area (Å²) in [5.41, 5.74) is 0.340. The number of nitrogens with zero attached hydrogens (tertiary/aromatic N) is 1. The van der Waals surface area contributed by atoms with Crippen LogP contribution in [0.5, 0.6) is 0 Å². The normalized spacial score (nSPS) is 17.1. The van der Waals surface area contributed by atoms with Crippen LogP contribution in [0.15, 0.2) is 19.6 Å². The zero-order valence-corrected chi connectivity index (χ0v) is 14.5. The minimum absolute atomic E-state index is 0.0198. The molecule has 1 aromatic heterocycles. The number of rotatable bonds is 5. The SMILES string of the molecule is CCN(CC1(CC)CCC1)C(=O)c1cc(Br)c(Br)o1. The van der Waals surface area contributed by atoms with Crippen molar-refractivity contribution in [2.24, 2.45) is 5.41 Å². The fourth-order valence-electron chi connectivity index (χ4n) is 2.64. The van der Waals surface area contributed by atoms with Gasteiger partial charge in [-0.05, 0) is 63.5 Å². The fraction of sp³-hybridized carbons (Fsp3) is 0.643. The molecular weight excluding hydrogens is 374 g/mol. The molecule has 0 unspecified atom stereocenters. The number of hydrogen-bond acceptors (Lipinski definition) is 2. The van der Waals surface area contributed by atoms with Crippen LogP contribution in [0.25, 0.3) is 0 Å². The van der Waals surface area contributed by atoms with Gasteiger partial charge >= 0.3 is 0 Å². The van der Waals surface area contributed by atoms with Gasteiger partial charge in [0.15, 0.2) is 10.4 Å². The first-order chi connectivity index (χ1) is 9.01. The van der Waals surface area contributed by atoms with Gasteiger partial charge in [-0.15, -0.1) is 0 Å². The first-order valence-corrected chi connectivity index (χ1v) is 8.34. The third kappa shape index (κ3) is 3.07. The number of carbonyl (C=O) groups is 1. The lowest BCUT2D eigenvalue weighted by Crippen LogP contribution is -2.44. The van der Waals surface area contributed by atoms with Gasteiger partial charge < -0.3 is 9.32 Å². The lowest BCUT2D eigenvalue weighted by atomic mass is 9.66. The molecule has 1 amide bonds. The molecule has 19 heavy (non-hydrogen) atoms. The van der Waals surface area contributed by atoms with Crippen LogP contribution in [-0.4, -0.2) is 23.9 Å². The maximum absolute atomic E-state index is 12.5. The van der Waals surface area contributed by atoms with Gasteiger partial charge in [-0.25, -0.2) is 0 Å². The molecule has 0 saturated heterocycles. The Kier molecular flexibility index (Phi) is 4.77. The highest BCUT2D eigenvalue weighted by molar-refractivity contribution is 9.13. The molecule has 1 aliphatic rings. The summed E-state index contributed by atoms with van der Waals surface area (Å²) in [5.74, 6) is 0.375. The van der Waals surface area contributed by atoms with Crippen molar-refractivity contribution < 1.29 is 9.21 Å². The number of amides is 1. The quantitative estimate of drug-likeness (QED) is 0.717. The van der Waals surface area contributed by atoms with E-state index >= 15 is 0 Å². The maximum atomic E-state index is 12.5. The first-order valence-electron chi connectivity index (χ1n) is 6.75. The van der Waals surface area contributed by atoms with Crippen molar-refractivity contribution in [2.45, 2.75) is 39.5 Å². The topological polar surface area (TPSA) is 33.5 Å². The molecule has 0 N–H and O–H groups in total. The Morgan fingerprint density at radius 2 is 2.11 bits per heavy atom. The smallest absolute Gasteiger partial charge is 0.289 e.